The Morgan fingerprint density at radius 2 is 1.84 bits per heavy atom. The number of ether oxygens (including phenoxy) is 1. The maximum absolute atomic E-state index is 12.8. The second-order valence-corrected chi connectivity index (χ2v) is 8.75. The van der Waals surface area contributed by atoms with Crippen LogP contribution in [-0.4, -0.2) is 36.9 Å². The summed E-state index contributed by atoms with van der Waals surface area (Å²) in [5.41, 5.74) is 3.36. The second kappa shape index (κ2) is 6.42. The normalized spacial score (nSPS) is 18.4. The van der Waals surface area contributed by atoms with Crippen molar-refractivity contribution in [3.8, 4) is 5.88 Å². The van der Waals surface area contributed by atoms with Crippen molar-refractivity contribution >= 4 is 10.0 Å². The number of nitrogens with zero attached hydrogens (tertiary/aromatic N) is 2. The van der Waals surface area contributed by atoms with E-state index < -0.39 is 10.0 Å². The molecule has 1 saturated heterocycles. The molecule has 2 heterocycles. The molecule has 0 bridgehead atoms. The van der Waals surface area contributed by atoms with Gasteiger partial charge in [-0.15, -0.1) is 0 Å². The highest BCUT2D eigenvalue weighted by Gasteiger charge is 2.38. The van der Waals surface area contributed by atoms with E-state index in [0.717, 1.165) is 25.0 Å². The number of benzene rings is 1. The molecule has 1 aliphatic carbocycles. The van der Waals surface area contributed by atoms with Gasteiger partial charge in [0, 0.05) is 11.8 Å². The Kier molecular flexibility index (Phi) is 4.25. The number of hydrogen-bond donors (Lipinski definition) is 0. The summed E-state index contributed by atoms with van der Waals surface area (Å²) in [5, 5.41) is 0. The number of sulfonamides is 1. The Balaban J connectivity index is 1.44. The maximum atomic E-state index is 12.8. The first-order chi connectivity index (χ1) is 12.0. The van der Waals surface area contributed by atoms with Gasteiger partial charge in [-0.3, -0.25) is 0 Å². The SMILES string of the molecule is Cc1cccc(OC2CN(S(=O)(=O)c3ccc4c(c3)CCCC4)C2)n1. The van der Waals surface area contributed by atoms with Crippen LogP contribution in [0.5, 0.6) is 5.88 Å². The van der Waals surface area contributed by atoms with Crippen molar-refractivity contribution < 1.29 is 13.2 Å². The molecular weight excluding hydrogens is 336 g/mol. The zero-order valence-corrected chi connectivity index (χ0v) is 15.1. The summed E-state index contributed by atoms with van der Waals surface area (Å²) in [4.78, 5) is 4.70. The summed E-state index contributed by atoms with van der Waals surface area (Å²) < 4.78 is 32.9. The summed E-state index contributed by atoms with van der Waals surface area (Å²) in [6.07, 6.45) is 4.22. The summed E-state index contributed by atoms with van der Waals surface area (Å²) in [6, 6.07) is 11.2. The molecule has 0 amide bonds. The third-order valence-corrected chi connectivity index (χ3v) is 6.75. The monoisotopic (exact) mass is 358 g/mol. The molecule has 5 nitrogen and oxygen atoms in total. The lowest BCUT2D eigenvalue weighted by Crippen LogP contribution is -2.56. The van der Waals surface area contributed by atoms with Gasteiger partial charge in [0.1, 0.15) is 6.10 Å². The molecule has 0 saturated carbocycles. The molecule has 25 heavy (non-hydrogen) atoms. The van der Waals surface area contributed by atoms with Crippen LogP contribution in [0.3, 0.4) is 0 Å². The van der Waals surface area contributed by atoms with Crippen LogP contribution < -0.4 is 4.74 Å². The van der Waals surface area contributed by atoms with E-state index in [-0.39, 0.29) is 6.10 Å². The highest BCUT2D eigenvalue weighted by molar-refractivity contribution is 7.89. The lowest BCUT2D eigenvalue weighted by Gasteiger charge is -2.37. The lowest BCUT2D eigenvalue weighted by molar-refractivity contribution is 0.0719. The van der Waals surface area contributed by atoms with E-state index in [1.165, 1.54) is 21.9 Å². The average Bonchev–Trinajstić information content (AvgIpc) is 2.57. The first-order valence-electron chi connectivity index (χ1n) is 8.75. The summed E-state index contributed by atoms with van der Waals surface area (Å²) in [6.45, 7) is 2.64. The minimum atomic E-state index is -3.44. The summed E-state index contributed by atoms with van der Waals surface area (Å²) in [7, 11) is -3.44. The minimum Gasteiger partial charge on any atom is -0.472 e. The topological polar surface area (TPSA) is 59.5 Å². The van der Waals surface area contributed by atoms with Gasteiger partial charge in [-0.2, -0.15) is 4.31 Å². The Labute approximate surface area is 148 Å². The molecule has 2 aliphatic rings. The lowest BCUT2D eigenvalue weighted by atomic mass is 9.92. The predicted molar refractivity (Wildman–Crippen MR) is 95.2 cm³/mol. The van der Waals surface area contributed by atoms with E-state index in [2.05, 4.69) is 4.98 Å². The van der Waals surface area contributed by atoms with Crippen LogP contribution >= 0.6 is 0 Å². The molecule has 1 aromatic carbocycles. The fourth-order valence-electron chi connectivity index (χ4n) is 3.45. The molecular formula is C19H22N2O3S. The van der Waals surface area contributed by atoms with Gasteiger partial charge in [-0.05, 0) is 61.9 Å². The van der Waals surface area contributed by atoms with Crippen LogP contribution in [0.1, 0.15) is 29.7 Å². The van der Waals surface area contributed by atoms with Gasteiger partial charge < -0.3 is 4.74 Å². The summed E-state index contributed by atoms with van der Waals surface area (Å²) in [5.74, 6) is 0.552. The van der Waals surface area contributed by atoms with Crippen molar-refractivity contribution in [2.75, 3.05) is 13.1 Å². The number of hydrogen-bond acceptors (Lipinski definition) is 4. The van der Waals surface area contributed by atoms with Gasteiger partial charge in [0.25, 0.3) is 0 Å². The Bertz CT molecular complexity index is 889. The average molecular weight is 358 g/mol. The van der Waals surface area contributed by atoms with Crippen molar-refractivity contribution in [2.24, 2.45) is 0 Å². The molecule has 0 N–H and O–H groups in total. The van der Waals surface area contributed by atoms with Crippen molar-refractivity contribution in [1.82, 2.24) is 9.29 Å². The van der Waals surface area contributed by atoms with Crippen molar-refractivity contribution in [1.29, 1.82) is 0 Å². The minimum absolute atomic E-state index is 0.137. The van der Waals surface area contributed by atoms with E-state index >= 15 is 0 Å². The van der Waals surface area contributed by atoms with E-state index in [4.69, 9.17) is 4.74 Å². The van der Waals surface area contributed by atoms with Gasteiger partial charge >= 0.3 is 0 Å². The van der Waals surface area contributed by atoms with E-state index in [0.29, 0.717) is 23.9 Å². The second-order valence-electron chi connectivity index (χ2n) is 6.82. The molecule has 0 unspecified atom stereocenters. The van der Waals surface area contributed by atoms with Crippen LogP contribution in [0, 0.1) is 6.92 Å². The number of pyridine rings is 1. The van der Waals surface area contributed by atoms with Crippen LogP contribution in [-0.2, 0) is 22.9 Å². The molecule has 0 spiro atoms. The first kappa shape index (κ1) is 16.5. The van der Waals surface area contributed by atoms with Gasteiger partial charge in [-0.25, -0.2) is 13.4 Å². The van der Waals surface area contributed by atoms with Crippen LogP contribution in [0.2, 0.25) is 0 Å². The molecule has 1 aliphatic heterocycles. The predicted octanol–water partition coefficient (Wildman–Crippen LogP) is 2.72. The molecule has 132 valence electrons. The quantitative estimate of drug-likeness (QED) is 0.843. The Morgan fingerprint density at radius 3 is 2.60 bits per heavy atom. The largest absolute Gasteiger partial charge is 0.472 e. The standard InChI is InChI=1S/C19H22N2O3S/c1-14-5-4-8-19(20-14)24-17-12-21(13-17)25(22,23)18-10-9-15-6-2-3-7-16(15)11-18/h4-5,8-11,17H,2-3,6-7,12-13H2,1H3. The maximum Gasteiger partial charge on any atom is 0.243 e. The molecule has 1 aromatic heterocycles. The highest BCUT2D eigenvalue weighted by Crippen LogP contribution is 2.28. The van der Waals surface area contributed by atoms with Gasteiger partial charge in [0.05, 0.1) is 18.0 Å². The van der Waals surface area contributed by atoms with Crippen LogP contribution in [0.4, 0.5) is 0 Å². The van der Waals surface area contributed by atoms with E-state index in [9.17, 15) is 8.42 Å². The zero-order chi connectivity index (χ0) is 17.4. The molecule has 4 rings (SSSR count). The number of fused-ring (bicyclic) bond motifs is 1. The van der Waals surface area contributed by atoms with E-state index in [1.807, 2.05) is 31.2 Å². The third-order valence-electron chi connectivity index (χ3n) is 4.92. The zero-order valence-electron chi connectivity index (χ0n) is 14.3. The molecule has 0 radical (unpaired) electrons. The Morgan fingerprint density at radius 1 is 1.08 bits per heavy atom. The fourth-order valence-corrected chi connectivity index (χ4v) is 5.00. The van der Waals surface area contributed by atoms with Crippen LogP contribution in [0.15, 0.2) is 41.3 Å². The Hall–Kier alpha value is -1.92. The van der Waals surface area contributed by atoms with Gasteiger partial charge in [0.2, 0.25) is 15.9 Å². The molecule has 0 atom stereocenters. The van der Waals surface area contributed by atoms with Gasteiger partial charge in [-0.1, -0.05) is 12.1 Å². The molecule has 1 fully saturated rings. The summed E-state index contributed by atoms with van der Waals surface area (Å²) >= 11 is 0. The third kappa shape index (κ3) is 3.28. The number of aromatic nitrogens is 1. The fraction of sp³-hybridized carbons (Fsp3) is 0.421. The van der Waals surface area contributed by atoms with Crippen LogP contribution in [0.25, 0.3) is 0 Å². The highest BCUT2D eigenvalue weighted by atomic mass is 32.2. The number of aryl methyl sites for hydroxylation is 3. The molecule has 2 aromatic rings. The van der Waals surface area contributed by atoms with Crippen molar-refractivity contribution in [3.63, 3.8) is 0 Å². The van der Waals surface area contributed by atoms with Crippen molar-refractivity contribution in [2.45, 2.75) is 43.6 Å². The smallest absolute Gasteiger partial charge is 0.243 e. The van der Waals surface area contributed by atoms with E-state index in [1.54, 1.807) is 12.1 Å². The van der Waals surface area contributed by atoms with Crippen molar-refractivity contribution in [3.05, 3.63) is 53.2 Å². The van der Waals surface area contributed by atoms with Gasteiger partial charge in [0.15, 0.2) is 0 Å². The first-order valence-corrected chi connectivity index (χ1v) is 10.2. The number of rotatable bonds is 4. The molecule has 6 heteroatoms.